The largest absolute Gasteiger partial charge is 0.598 e. The van der Waals surface area contributed by atoms with Gasteiger partial charge in [0.2, 0.25) is 0 Å². The van der Waals surface area contributed by atoms with Crippen LogP contribution in [0.1, 0.15) is 39.3 Å². The second-order valence-electron chi connectivity index (χ2n) is 4.95. The maximum absolute atomic E-state index is 11.9. The fourth-order valence-electron chi connectivity index (χ4n) is 1.19. The van der Waals surface area contributed by atoms with Crippen molar-refractivity contribution >= 4 is 17.0 Å². The van der Waals surface area contributed by atoms with E-state index in [0.29, 0.717) is 5.56 Å². The first kappa shape index (κ1) is 14.9. The van der Waals surface area contributed by atoms with Crippen molar-refractivity contribution in [1.29, 1.82) is 0 Å². The molecule has 100 valence electrons. The van der Waals surface area contributed by atoms with Crippen molar-refractivity contribution in [3.8, 4) is 0 Å². The van der Waals surface area contributed by atoms with Crippen molar-refractivity contribution in [3.63, 3.8) is 0 Å². The molecule has 0 aliphatic rings. The van der Waals surface area contributed by atoms with Gasteiger partial charge in [-0.2, -0.15) is 0 Å². The molecule has 1 N–H and O–H groups in total. The van der Waals surface area contributed by atoms with E-state index in [0.717, 1.165) is 0 Å². The Balaban J connectivity index is 2.81. The fourth-order valence-corrected chi connectivity index (χ4v) is 2.00. The van der Waals surface area contributed by atoms with Crippen LogP contribution in [0.15, 0.2) is 18.5 Å². The van der Waals surface area contributed by atoms with Gasteiger partial charge in [0, 0.05) is 23.6 Å². The van der Waals surface area contributed by atoms with Gasteiger partial charge in [-0.3, -0.25) is 15.1 Å². The summed E-state index contributed by atoms with van der Waals surface area (Å²) < 4.78 is 14.4. The lowest BCUT2D eigenvalue weighted by atomic mass is 10.1. The highest BCUT2D eigenvalue weighted by atomic mass is 32.2. The highest BCUT2D eigenvalue weighted by Gasteiger charge is 2.28. The predicted molar refractivity (Wildman–Crippen MR) is 70.3 cm³/mol. The number of hydrogen-bond acceptors (Lipinski definition) is 5. The van der Waals surface area contributed by atoms with Gasteiger partial charge in [0.25, 0.3) is 5.69 Å². The van der Waals surface area contributed by atoms with Crippen LogP contribution in [0.5, 0.6) is 0 Å². The van der Waals surface area contributed by atoms with E-state index in [9.17, 15) is 14.7 Å². The van der Waals surface area contributed by atoms with Gasteiger partial charge in [-0.1, -0.05) is 0 Å². The fraction of sp³-hybridized carbons (Fsp3) is 0.545. The molecule has 0 saturated carbocycles. The Kier molecular flexibility index (Phi) is 4.66. The van der Waals surface area contributed by atoms with Crippen LogP contribution in [0.3, 0.4) is 0 Å². The molecule has 0 aliphatic heterocycles. The summed E-state index contributed by atoms with van der Waals surface area (Å²) >= 11 is -1.23. The standard InChI is InChI=1S/C11H17N3O3S/c1-8(13-18(17)11(2,3)4)9-5-10(14(15)16)7-12-6-9/h5-8,13H,1-4H3/t8-,18?/m1/s1. The minimum Gasteiger partial charge on any atom is -0.598 e. The lowest BCUT2D eigenvalue weighted by Crippen LogP contribution is -2.40. The maximum atomic E-state index is 11.9. The number of rotatable bonds is 4. The van der Waals surface area contributed by atoms with Crippen LogP contribution in [0.4, 0.5) is 5.69 Å². The molecule has 6 nitrogen and oxygen atoms in total. The lowest BCUT2D eigenvalue weighted by molar-refractivity contribution is -0.385. The number of pyridine rings is 1. The van der Waals surface area contributed by atoms with Gasteiger partial charge in [-0.05, 0) is 33.3 Å². The summed E-state index contributed by atoms with van der Waals surface area (Å²) in [5, 5.41) is 10.6. The molecule has 0 amide bonds. The van der Waals surface area contributed by atoms with Gasteiger partial charge in [0.05, 0.1) is 11.0 Å². The van der Waals surface area contributed by atoms with Crippen molar-refractivity contribution in [2.75, 3.05) is 0 Å². The zero-order valence-electron chi connectivity index (χ0n) is 10.8. The number of aromatic nitrogens is 1. The van der Waals surface area contributed by atoms with Gasteiger partial charge >= 0.3 is 0 Å². The van der Waals surface area contributed by atoms with E-state index in [1.165, 1.54) is 18.5 Å². The first-order chi connectivity index (χ1) is 8.21. The molecule has 0 aliphatic carbocycles. The van der Waals surface area contributed by atoms with Gasteiger partial charge in [-0.25, -0.2) is 0 Å². The number of hydrogen-bond donors (Lipinski definition) is 1. The third-order valence-electron chi connectivity index (χ3n) is 2.30. The van der Waals surface area contributed by atoms with E-state index in [1.54, 1.807) is 6.92 Å². The molecule has 18 heavy (non-hydrogen) atoms. The van der Waals surface area contributed by atoms with E-state index >= 15 is 0 Å². The molecule has 0 spiro atoms. The predicted octanol–water partition coefficient (Wildman–Crippen LogP) is 2.10. The molecule has 0 saturated heterocycles. The third kappa shape index (κ3) is 3.94. The molecule has 0 radical (unpaired) electrons. The van der Waals surface area contributed by atoms with Crippen LogP contribution in [0, 0.1) is 10.1 Å². The Labute approximate surface area is 109 Å². The first-order valence-electron chi connectivity index (χ1n) is 5.49. The maximum Gasteiger partial charge on any atom is 0.287 e. The van der Waals surface area contributed by atoms with E-state index in [2.05, 4.69) is 9.71 Å². The molecule has 0 aromatic carbocycles. The second kappa shape index (κ2) is 5.64. The van der Waals surface area contributed by atoms with Crippen LogP contribution >= 0.6 is 0 Å². The molecule has 7 heteroatoms. The molecular weight excluding hydrogens is 254 g/mol. The molecule has 1 aromatic rings. The zero-order chi connectivity index (χ0) is 13.9. The Morgan fingerprint density at radius 3 is 2.56 bits per heavy atom. The van der Waals surface area contributed by atoms with E-state index in [-0.39, 0.29) is 16.5 Å². The summed E-state index contributed by atoms with van der Waals surface area (Å²) in [5.74, 6) is 0. The minimum absolute atomic E-state index is 0.0670. The number of nitrogens with one attached hydrogen (secondary N) is 1. The molecule has 1 aromatic heterocycles. The Hall–Kier alpha value is -1.18. The molecule has 0 bridgehead atoms. The number of nitrogens with zero attached hydrogens (tertiary/aromatic N) is 2. The summed E-state index contributed by atoms with van der Waals surface area (Å²) in [5.41, 5.74) is 0.574. The highest BCUT2D eigenvalue weighted by molar-refractivity contribution is 7.90. The summed E-state index contributed by atoms with van der Waals surface area (Å²) in [6.45, 7) is 7.36. The van der Waals surface area contributed by atoms with Crippen molar-refractivity contribution in [1.82, 2.24) is 9.71 Å². The van der Waals surface area contributed by atoms with Gasteiger partial charge in [0.1, 0.15) is 10.9 Å². The van der Waals surface area contributed by atoms with Crippen LogP contribution in [-0.4, -0.2) is 19.2 Å². The van der Waals surface area contributed by atoms with Gasteiger partial charge < -0.3 is 4.55 Å². The average molecular weight is 271 g/mol. The normalized spacial score (nSPS) is 15.2. The molecular formula is C11H17N3O3S. The van der Waals surface area contributed by atoms with Crippen molar-refractivity contribution in [3.05, 3.63) is 34.1 Å². The average Bonchev–Trinajstić information content (AvgIpc) is 2.27. The van der Waals surface area contributed by atoms with Crippen molar-refractivity contribution < 1.29 is 9.48 Å². The van der Waals surface area contributed by atoms with E-state index in [1.807, 2.05) is 20.8 Å². The Morgan fingerprint density at radius 1 is 1.44 bits per heavy atom. The summed E-state index contributed by atoms with van der Waals surface area (Å²) in [6.07, 6.45) is 2.72. The quantitative estimate of drug-likeness (QED) is 0.514. The van der Waals surface area contributed by atoms with Crippen LogP contribution in [0.2, 0.25) is 0 Å². The second-order valence-corrected chi connectivity index (χ2v) is 6.95. The monoisotopic (exact) mass is 271 g/mol. The number of nitro groups is 1. The smallest absolute Gasteiger partial charge is 0.287 e. The lowest BCUT2D eigenvalue weighted by Gasteiger charge is -2.26. The first-order valence-corrected chi connectivity index (χ1v) is 6.64. The SMILES string of the molecule is C[C@@H](N[S+]([O-])C(C)(C)C)c1cncc([N+](=O)[O-])c1. The topological polar surface area (TPSA) is 91.1 Å². The van der Waals surface area contributed by atoms with Gasteiger partial charge in [0.15, 0.2) is 0 Å². The molecule has 2 atom stereocenters. The Morgan fingerprint density at radius 2 is 2.06 bits per heavy atom. The summed E-state index contributed by atoms with van der Waals surface area (Å²) in [6, 6.07) is 1.17. The van der Waals surface area contributed by atoms with E-state index < -0.39 is 16.3 Å². The van der Waals surface area contributed by atoms with Crippen LogP contribution in [-0.2, 0) is 11.4 Å². The van der Waals surface area contributed by atoms with Crippen LogP contribution < -0.4 is 4.72 Å². The Bertz CT molecular complexity index is 434. The summed E-state index contributed by atoms with van der Waals surface area (Å²) in [7, 11) is 0. The van der Waals surface area contributed by atoms with E-state index in [4.69, 9.17) is 0 Å². The van der Waals surface area contributed by atoms with Crippen LogP contribution in [0.25, 0.3) is 0 Å². The van der Waals surface area contributed by atoms with Crippen molar-refractivity contribution in [2.45, 2.75) is 38.5 Å². The highest BCUT2D eigenvalue weighted by Crippen LogP contribution is 2.21. The minimum atomic E-state index is -1.23. The summed E-state index contributed by atoms with van der Waals surface area (Å²) in [4.78, 5) is 14.0. The third-order valence-corrected chi connectivity index (χ3v) is 3.98. The molecule has 1 unspecified atom stereocenters. The van der Waals surface area contributed by atoms with Gasteiger partial charge in [-0.15, -0.1) is 4.72 Å². The molecule has 1 rings (SSSR count). The zero-order valence-corrected chi connectivity index (χ0v) is 11.7. The molecule has 0 fully saturated rings. The van der Waals surface area contributed by atoms with Crippen molar-refractivity contribution in [2.24, 2.45) is 0 Å². The molecule has 1 heterocycles.